The Kier molecular flexibility index (Phi) is 16.6. The van der Waals surface area contributed by atoms with Gasteiger partial charge in [0.05, 0.1) is 24.4 Å². The van der Waals surface area contributed by atoms with Crippen molar-refractivity contribution in [2.24, 2.45) is 0 Å². The zero-order valence-electron chi connectivity index (χ0n) is 27.6. The quantitative estimate of drug-likeness (QED) is 0.0749. The molecule has 0 N–H and O–H groups in total. The standard InChI is InChI=1S/C34H60O8/c1-8-9-10-11-12-13-14-15-16-17-18-19-20-29-31(41-33(4,5)39-29)23-24-32-30(40-34(6,7)42-32)22-21-28(38-27(3)36)25-37-26(2)35/h17-18,28-32H,8-16,19-25H2,1-7H3/b18-17-/t28?,29-,30-,31-,32-/m0/s1. The van der Waals surface area contributed by atoms with Gasteiger partial charge in [0.1, 0.15) is 12.7 Å². The van der Waals surface area contributed by atoms with Gasteiger partial charge in [-0.1, -0.05) is 64.0 Å². The van der Waals surface area contributed by atoms with Crippen LogP contribution in [0.25, 0.3) is 0 Å². The fourth-order valence-electron chi connectivity index (χ4n) is 5.99. The van der Waals surface area contributed by atoms with Gasteiger partial charge in [-0.15, -0.1) is 0 Å². The summed E-state index contributed by atoms with van der Waals surface area (Å²) in [6.07, 6.45) is 20.4. The maximum atomic E-state index is 11.5. The first kappa shape index (κ1) is 36.7. The summed E-state index contributed by atoms with van der Waals surface area (Å²) in [7, 11) is 0. The minimum atomic E-state index is -0.701. The second kappa shape index (κ2) is 19.0. The third-order valence-electron chi connectivity index (χ3n) is 7.89. The van der Waals surface area contributed by atoms with Gasteiger partial charge in [-0.2, -0.15) is 0 Å². The van der Waals surface area contributed by atoms with Crippen molar-refractivity contribution >= 4 is 11.9 Å². The lowest BCUT2D eigenvalue weighted by Gasteiger charge is -2.22. The molecule has 0 aromatic carbocycles. The van der Waals surface area contributed by atoms with Crippen molar-refractivity contribution < 1.29 is 38.0 Å². The lowest BCUT2D eigenvalue weighted by molar-refractivity contribution is -0.158. The van der Waals surface area contributed by atoms with E-state index in [0.717, 1.165) is 32.1 Å². The van der Waals surface area contributed by atoms with E-state index in [9.17, 15) is 9.59 Å². The molecule has 42 heavy (non-hydrogen) atoms. The molecule has 0 aliphatic carbocycles. The number of carbonyl (C=O) groups is 2. The highest BCUT2D eigenvalue weighted by atomic mass is 16.8. The van der Waals surface area contributed by atoms with Crippen LogP contribution >= 0.6 is 0 Å². The van der Waals surface area contributed by atoms with Gasteiger partial charge in [-0.25, -0.2) is 0 Å². The molecule has 2 fully saturated rings. The van der Waals surface area contributed by atoms with Gasteiger partial charge in [0.25, 0.3) is 0 Å². The Morgan fingerprint density at radius 2 is 1.14 bits per heavy atom. The zero-order valence-corrected chi connectivity index (χ0v) is 27.6. The molecular weight excluding hydrogens is 536 g/mol. The summed E-state index contributed by atoms with van der Waals surface area (Å²) in [6, 6.07) is 0. The summed E-state index contributed by atoms with van der Waals surface area (Å²) >= 11 is 0. The molecule has 2 aliphatic rings. The molecule has 0 saturated carbocycles. The zero-order chi connectivity index (χ0) is 31.0. The summed E-state index contributed by atoms with van der Waals surface area (Å²) in [4.78, 5) is 22.8. The number of allylic oxidation sites excluding steroid dienone is 2. The Labute approximate surface area is 255 Å². The average Bonchev–Trinajstić information content (AvgIpc) is 3.37. The lowest BCUT2D eigenvalue weighted by Crippen LogP contribution is -2.30. The van der Waals surface area contributed by atoms with Crippen LogP contribution in [0.15, 0.2) is 12.2 Å². The molecule has 0 spiro atoms. The molecule has 1 unspecified atom stereocenters. The van der Waals surface area contributed by atoms with Gasteiger partial charge >= 0.3 is 11.9 Å². The van der Waals surface area contributed by atoms with Crippen LogP contribution in [0.1, 0.15) is 145 Å². The largest absolute Gasteiger partial charge is 0.462 e. The normalized spacial score (nSPS) is 25.6. The Morgan fingerprint density at radius 3 is 1.67 bits per heavy atom. The average molecular weight is 597 g/mol. The van der Waals surface area contributed by atoms with Gasteiger partial charge in [0.15, 0.2) is 11.6 Å². The second-order valence-electron chi connectivity index (χ2n) is 12.9. The van der Waals surface area contributed by atoms with Crippen LogP contribution in [-0.4, -0.2) is 60.6 Å². The van der Waals surface area contributed by atoms with Crippen molar-refractivity contribution in [1.29, 1.82) is 0 Å². The molecule has 8 nitrogen and oxygen atoms in total. The maximum absolute atomic E-state index is 11.5. The number of esters is 2. The number of unbranched alkanes of at least 4 members (excludes halogenated alkanes) is 8. The third kappa shape index (κ3) is 15.3. The van der Waals surface area contributed by atoms with Gasteiger partial charge in [0, 0.05) is 13.8 Å². The molecule has 0 radical (unpaired) electrons. The summed E-state index contributed by atoms with van der Waals surface area (Å²) in [5, 5.41) is 0. The van der Waals surface area contributed by atoms with Crippen LogP contribution in [0, 0.1) is 0 Å². The van der Waals surface area contributed by atoms with Crippen LogP contribution in [0.3, 0.4) is 0 Å². The van der Waals surface area contributed by atoms with E-state index in [1.165, 1.54) is 65.2 Å². The topological polar surface area (TPSA) is 89.5 Å². The van der Waals surface area contributed by atoms with Crippen molar-refractivity contribution in [2.45, 2.75) is 187 Å². The van der Waals surface area contributed by atoms with Crippen LogP contribution < -0.4 is 0 Å². The molecule has 5 atom stereocenters. The molecule has 2 heterocycles. The van der Waals surface area contributed by atoms with Crippen molar-refractivity contribution in [3.05, 3.63) is 12.2 Å². The Hall–Kier alpha value is -1.48. The first-order valence-corrected chi connectivity index (χ1v) is 16.6. The monoisotopic (exact) mass is 596 g/mol. The Morgan fingerprint density at radius 1 is 0.667 bits per heavy atom. The lowest BCUT2D eigenvalue weighted by atomic mass is 9.97. The van der Waals surface area contributed by atoms with E-state index in [2.05, 4.69) is 19.1 Å². The van der Waals surface area contributed by atoms with Crippen LogP contribution in [0.5, 0.6) is 0 Å². The number of carbonyl (C=O) groups excluding carboxylic acids is 2. The Balaban J connectivity index is 1.78. The molecule has 2 rings (SSSR count). The van der Waals surface area contributed by atoms with Crippen LogP contribution in [0.2, 0.25) is 0 Å². The molecule has 0 bridgehead atoms. The molecule has 0 aromatic heterocycles. The molecular formula is C34H60O8. The summed E-state index contributed by atoms with van der Waals surface area (Å²) < 4.78 is 35.6. The fourth-order valence-corrected chi connectivity index (χ4v) is 5.99. The van der Waals surface area contributed by atoms with E-state index in [-0.39, 0.29) is 31.0 Å². The molecule has 0 aromatic rings. The van der Waals surface area contributed by atoms with E-state index < -0.39 is 29.6 Å². The molecule has 0 amide bonds. The highest BCUT2D eigenvalue weighted by Gasteiger charge is 2.44. The molecule has 2 saturated heterocycles. The Bertz CT molecular complexity index is 807. The van der Waals surface area contributed by atoms with Gasteiger partial charge in [0.2, 0.25) is 0 Å². The summed E-state index contributed by atoms with van der Waals surface area (Å²) in [5.74, 6) is -2.10. The summed E-state index contributed by atoms with van der Waals surface area (Å²) in [6.45, 7) is 12.8. The van der Waals surface area contributed by atoms with Crippen molar-refractivity contribution in [3.63, 3.8) is 0 Å². The highest BCUT2D eigenvalue weighted by Crippen LogP contribution is 2.37. The second-order valence-corrected chi connectivity index (χ2v) is 12.9. The van der Waals surface area contributed by atoms with Gasteiger partial charge in [-0.05, 0) is 79.1 Å². The van der Waals surface area contributed by atoms with Crippen LogP contribution in [0.4, 0.5) is 0 Å². The number of hydrogen-bond acceptors (Lipinski definition) is 8. The minimum absolute atomic E-state index is 0.00756. The minimum Gasteiger partial charge on any atom is -0.462 e. The smallest absolute Gasteiger partial charge is 0.303 e. The van der Waals surface area contributed by atoms with Crippen LogP contribution in [-0.2, 0) is 38.0 Å². The molecule has 8 heteroatoms. The van der Waals surface area contributed by atoms with Crippen molar-refractivity contribution in [2.75, 3.05) is 6.61 Å². The third-order valence-corrected chi connectivity index (χ3v) is 7.89. The number of ether oxygens (including phenoxy) is 6. The van der Waals surface area contributed by atoms with Gasteiger partial charge < -0.3 is 28.4 Å². The predicted octanol–water partition coefficient (Wildman–Crippen LogP) is 7.95. The molecule has 244 valence electrons. The predicted molar refractivity (Wildman–Crippen MR) is 164 cm³/mol. The first-order chi connectivity index (χ1) is 19.9. The number of rotatable bonds is 21. The van der Waals surface area contributed by atoms with Crippen molar-refractivity contribution in [3.8, 4) is 0 Å². The maximum Gasteiger partial charge on any atom is 0.303 e. The van der Waals surface area contributed by atoms with Crippen molar-refractivity contribution in [1.82, 2.24) is 0 Å². The SMILES string of the molecule is CCCCCCCCCC/C=C\CC[C@@H]1OC(C)(C)O[C@H]1CC[C@@H]1OC(C)(C)O[C@H]1CCC(COC(C)=O)OC(C)=O. The van der Waals surface area contributed by atoms with E-state index >= 15 is 0 Å². The van der Waals surface area contributed by atoms with E-state index in [4.69, 9.17) is 28.4 Å². The van der Waals surface area contributed by atoms with E-state index in [0.29, 0.717) is 12.8 Å². The fraction of sp³-hybridized carbons (Fsp3) is 0.882. The highest BCUT2D eigenvalue weighted by molar-refractivity contribution is 5.67. The van der Waals surface area contributed by atoms with Gasteiger partial charge in [-0.3, -0.25) is 9.59 Å². The van der Waals surface area contributed by atoms with E-state index in [1.807, 2.05) is 27.7 Å². The first-order valence-electron chi connectivity index (χ1n) is 16.6. The molecule has 2 aliphatic heterocycles. The number of hydrogen-bond donors (Lipinski definition) is 0. The summed E-state index contributed by atoms with van der Waals surface area (Å²) in [5.41, 5.74) is 0. The van der Waals surface area contributed by atoms with E-state index in [1.54, 1.807) is 0 Å².